The molecule has 0 aliphatic carbocycles. The van der Waals surface area contributed by atoms with Crippen molar-refractivity contribution in [2.24, 2.45) is 0 Å². The van der Waals surface area contributed by atoms with E-state index in [1.54, 1.807) is 0 Å². The van der Waals surface area contributed by atoms with Crippen LogP contribution in [0.3, 0.4) is 0 Å². The third-order valence-electron chi connectivity index (χ3n) is 2.37. The maximum absolute atomic E-state index is 11.4. The second-order valence-electron chi connectivity index (χ2n) is 3.83. The van der Waals surface area contributed by atoms with Crippen molar-refractivity contribution in [3.63, 3.8) is 0 Å². The van der Waals surface area contributed by atoms with Gasteiger partial charge in [0.25, 0.3) is 0 Å². The fraction of sp³-hybridized carbons (Fsp3) is 0.500. The standard InChI is InChI=1S/C14H22N2O3/c1-4-15-14(17)10-16-11-7-8-12(18-5-2)13(9-11)19-6-3/h7-9,16H,4-6,10H2,1-3H3,(H,15,17). The van der Waals surface area contributed by atoms with Gasteiger partial charge in [0.2, 0.25) is 5.91 Å². The van der Waals surface area contributed by atoms with Crippen molar-refractivity contribution in [2.75, 3.05) is 31.6 Å². The molecule has 0 saturated heterocycles. The fourth-order valence-corrected chi connectivity index (χ4v) is 1.60. The Morgan fingerprint density at radius 3 is 2.42 bits per heavy atom. The first-order valence-electron chi connectivity index (χ1n) is 6.61. The van der Waals surface area contributed by atoms with E-state index in [9.17, 15) is 4.79 Å². The summed E-state index contributed by atoms with van der Waals surface area (Å²) in [5, 5.41) is 5.78. The molecule has 5 nitrogen and oxygen atoms in total. The highest BCUT2D eigenvalue weighted by molar-refractivity contribution is 5.80. The minimum atomic E-state index is -0.0330. The van der Waals surface area contributed by atoms with Gasteiger partial charge in [0.15, 0.2) is 11.5 Å². The average molecular weight is 266 g/mol. The van der Waals surface area contributed by atoms with E-state index in [0.29, 0.717) is 31.3 Å². The van der Waals surface area contributed by atoms with Gasteiger partial charge in [-0.05, 0) is 32.9 Å². The van der Waals surface area contributed by atoms with Gasteiger partial charge in [-0.1, -0.05) is 0 Å². The summed E-state index contributed by atoms with van der Waals surface area (Å²) in [4.78, 5) is 11.4. The summed E-state index contributed by atoms with van der Waals surface area (Å²) in [5.41, 5.74) is 0.832. The smallest absolute Gasteiger partial charge is 0.239 e. The second kappa shape index (κ2) is 8.24. The minimum absolute atomic E-state index is 0.0330. The van der Waals surface area contributed by atoms with E-state index in [1.807, 2.05) is 39.0 Å². The molecule has 0 bridgehead atoms. The third-order valence-corrected chi connectivity index (χ3v) is 2.37. The number of nitrogens with one attached hydrogen (secondary N) is 2. The Bertz CT molecular complexity index is 408. The lowest BCUT2D eigenvalue weighted by Gasteiger charge is -2.13. The molecular weight excluding hydrogens is 244 g/mol. The molecule has 1 rings (SSSR count). The Kier molecular flexibility index (Phi) is 6.57. The highest BCUT2D eigenvalue weighted by Gasteiger charge is 2.06. The maximum Gasteiger partial charge on any atom is 0.239 e. The molecule has 0 radical (unpaired) electrons. The minimum Gasteiger partial charge on any atom is -0.490 e. The van der Waals surface area contributed by atoms with E-state index in [-0.39, 0.29) is 12.5 Å². The van der Waals surface area contributed by atoms with Crippen molar-refractivity contribution in [3.8, 4) is 11.5 Å². The van der Waals surface area contributed by atoms with Gasteiger partial charge in [0.05, 0.1) is 19.8 Å². The van der Waals surface area contributed by atoms with E-state index >= 15 is 0 Å². The Balaban J connectivity index is 2.69. The molecule has 0 aliphatic heterocycles. The molecule has 2 N–H and O–H groups in total. The molecule has 106 valence electrons. The zero-order valence-electron chi connectivity index (χ0n) is 11.8. The molecule has 0 aromatic heterocycles. The number of rotatable bonds is 8. The summed E-state index contributed by atoms with van der Waals surface area (Å²) in [6.45, 7) is 7.77. The van der Waals surface area contributed by atoms with Crippen molar-refractivity contribution in [2.45, 2.75) is 20.8 Å². The van der Waals surface area contributed by atoms with Crippen molar-refractivity contribution >= 4 is 11.6 Å². The first-order valence-corrected chi connectivity index (χ1v) is 6.61. The van der Waals surface area contributed by atoms with Crippen LogP contribution in [0.2, 0.25) is 0 Å². The van der Waals surface area contributed by atoms with Crippen molar-refractivity contribution < 1.29 is 14.3 Å². The normalized spacial score (nSPS) is 9.84. The number of ether oxygens (including phenoxy) is 2. The third kappa shape index (κ3) is 5.07. The molecule has 0 aliphatic rings. The molecule has 0 saturated carbocycles. The molecule has 0 spiro atoms. The largest absolute Gasteiger partial charge is 0.490 e. The Labute approximate surface area is 114 Å². The number of anilines is 1. The Morgan fingerprint density at radius 2 is 1.79 bits per heavy atom. The van der Waals surface area contributed by atoms with Crippen LogP contribution in [0.1, 0.15) is 20.8 Å². The zero-order chi connectivity index (χ0) is 14.1. The van der Waals surface area contributed by atoms with Crippen LogP contribution in [0.15, 0.2) is 18.2 Å². The van der Waals surface area contributed by atoms with Crippen LogP contribution in [0.25, 0.3) is 0 Å². The van der Waals surface area contributed by atoms with Gasteiger partial charge in [-0.25, -0.2) is 0 Å². The molecule has 0 fully saturated rings. The molecule has 1 amide bonds. The maximum atomic E-state index is 11.4. The van der Waals surface area contributed by atoms with Crippen LogP contribution in [0.5, 0.6) is 11.5 Å². The molecule has 0 unspecified atom stereocenters. The summed E-state index contributed by atoms with van der Waals surface area (Å²) < 4.78 is 11.0. The molecule has 0 heterocycles. The quantitative estimate of drug-likeness (QED) is 0.756. The number of hydrogen-bond acceptors (Lipinski definition) is 4. The van der Waals surface area contributed by atoms with E-state index in [4.69, 9.17) is 9.47 Å². The molecule has 1 aromatic carbocycles. The lowest BCUT2D eigenvalue weighted by Crippen LogP contribution is -2.29. The van der Waals surface area contributed by atoms with Crippen LogP contribution < -0.4 is 20.1 Å². The van der Waals surface area contributed by atoms with Crippen molar-refractivity contribution in [3.05, 3.63) is 18.2 Å². The lowest BCUT2D eigenvalue weighted by molar-refractivity contribution is -0.119. The zero-order valence-corrected chi connectivity index (χ0v) is 11.8. The number of carbonyl (C=O) groups is 1. The van der Waals surface area contributed by atoms with Gasteiger partial charge in [0.1, 0.15) is 0 Å². The van der Waals surface area contributed by atoms with Crippen LogP contribution in [0.4, 0.5) is 5.69 Å². The number of likely N-dealkylation sites (N-methyl/N-ethyl adjacent to an activating group) is 1. The predicted molar refractivity (Wildman–Crippen MR) is 76.0 cm³/mol. The SMILES string of the molecule is CCNC(=O)CNc1ccc(OCC)c(OCC)c1. The van der Waals surface area contributed by atoms with Gasteiger partial charge in [-0.15, -0.1) is 0 Å². The van der Waals surface area contributed by atoms with E-state index in [2.05, 4.69) is 10.6 Å². The van der Waals surface area contributed by atoms with E-state index < -0.39 is 0 Å². The predicted octanol–water partition coefficient (Wildman–Crippen LogP) is 2.03. The molecule has 1 aromatic rings. The number of hydrogen-bond donors (Lipinski definition) is 2. The van der Waals surface area contributed by atoms with Crippen LogP contribution >= 0.6 is 0 Å². The summed E-state index contributed by atoms with van der Waals surface area (Å²) in [7, 11) is 0. The van der Waals surface area contributed by atoms with Gasteiger partial charge in [-0.2, -0.15) is 0 Å². The first-order chi connectivity index (χ1) is 9.21. The highest BCUT2D eigenvalue weighted by atomic mass is 16.5. The van der Waals surface area contributed by atoms with Crippen LogP contribution in [0, 0.1) is 0 Å². The van der Waals surface area contributed by atoms with E-state index in [1.165, 1.54) is 0 Å². The van der Waals surface area contributed by atoms with Gasteiger partial charge in [-0.3, -0.25) is 4.79 Å². The number of benzene rings is 1. The molecule has 19 heavy (non-hydrogen) atoms. The average Bonchev–Trinajstić information content (AvgIpc) is 2.40. The molecule has 5 heteroatoms. The summed E-state index contributed by atoms with van der Waals surface area (Å²) in [6.07, 6.45) is 0. The fourth-order valence-electron chi connectivity index (χ4n) is 1.60. The highest BCUT2D eigenvalue weighted by Crippen LogP contribution is 2.30. The Hall–Kier alpha value is -1.91. The summed E-state index contributed by atoms with van der Waals surface area (Å²) in [5.74, 6) is 1.37. The topological polar surface area (TPSA) is 59.6 Å². The number of amides is 1. The summed E-state index contributed by atoms with van der Waals surface area (Å²) >= 11 is 0. The molecular formula is C14H22N2O3. The number of carbonyl (C=O) groups excluding carboxylic acids is 1. The van der Waals surface area contributed by atoms with E-state index in [0.717, 1.165) is 5.69 Å². The Morgan fingerprint density at radius 1 is 1.11 bits per heavy atom. The van der Waals surface area contributed by atoms with Gasteiger partial charge >= 0.3 is 0 Å². The van der Waals surface area contributed by atoms with Crippen LogP contribution in [-0.4, -0.2) is 32.2 Å². The first kappa shape index (κ1) is 15.1. The second-order valence-corrected chi connectivity index (χ2v) is 3.83. The van der Waals surface area contributed by atoms with Gasteiger partial charge in [0, 0.05) is 18.3 Å². The lowest BCUT2D eigenvalue weighted by atomic mass is 10.2. The summed E-state index contributed by atoms with van der Waals surface area (Å²) in [6, 6.07) is 5.55. The van der Waals surface area contributed by atoms with Crippen molar-refractivity contribution in [1.29, 1.82) is 0 Å². The van der Waals surface area contributed by atoms with Crippen LogP contribution in [-0.2, 0) is 4.79 Å². The monoisotopic (exact) mass is 266 g/mol. The van der Waals surface area contributed by atoms with Crippen molar-refractivity contribution in [1.82, 2.24) is 5.32 Å². The molecule has 0 atom stereocenters. The van der Waals surface area contributed by atoms with Gasteiger partial charge < -0.3 is 20.1 Å².